The summed E-state index contributed by atoms with van der Waals surface area (Å²) in [6.07, 6.45) is 4.18. The molecular formula is C25H33N3O4. The van der Waals surface area contributed by atoms with Crippen molar-refractivity contribution >= 4 is 17.4 Å². The van der Waals surface area contributed by atoms with Gasteiger partial charge in [0.25, 0.3) is 0 Å². The van der Waals surface area contributed by atoms with Crippen LogP contribution in [0.3, 0.4) is 0 Å². The molecule has 32 heavy (non-hydrogen) atoms. The molecule has 1 atom stereocenters. The van der Waals surface area contributed by atoms with Crippen molar-refractivity contribution in [1.29, 1.82) is 0 Å². The highest BCUT2D eigenvalue weighted by Gasteiger charge is 2.21. The lowest BCUT2D eigenvalue weighted by Gasteiger charge is -2.18. The molecule has 0 aromatic heterocycles. The minimum Gasteiger partial charge on any atom is -0.479 e. The molecule has 2 rings (SSSR count). The van der Waals surface area contributed by atoms with E-state index in [-0.39, 0.29) is 11.8 Å². The van der Waals surface area contributed by atoms with Crippen LogP contribution in [0.5, 0.6) is 5.75 Å². The van der Waals surface area contributed by atoms with Crippen LogP contribution in [-0.2, 0) is 9.53 Å². The zero-order chi connectivity index (χ0) is 23.3. The second-order valence-electron chi connectivity index (χ2n) is 7.64. The molecule has 0 amide bonds. The topological polar surface area (TPSA) is 80.6 Å². The number of hydrogen-bond donors (Lipinski definition) is 0. The quantitative estimate of drug-likeness (QED) is 0.130. The number of carbonyl (C=O) groups excluding carboxylic acids is 2. The minimum absolute atomic E-state index is 0.103. The first-order valence-corrected chi connectivity index (χ1v) is 11.1. The van der Waals surface area contributed by atoms with E-state index in [0.717, 1.165) is 25.7 Å². The first-order chi connectivity index (χ1) is 15.4. The number of unbranched alkanes of at least 4 members (excludes halogenated alkanes) is 3. The van der Waals surface area contributed by atoms with Crippen molar-refractivity contribution < 1.29 is 19.1 Å². The van der Waals surface area contributed by atoms with Gasteiger partial charge < -0.3 is 9.47 Å². The average molecular weight is 440 g/mol. The van der Waals surface area contributed by atoms with Gasteiger partial charge in [0.2, 0.25) is 0 Å². The molecule has 0 bridgehead atoms. The van der Waals surface area contributed by atoms with E-state index in [4.69, 9.17) is 9.47 Å². The standard InChI is InChI=1S/C25H33N3O4/c1-5-7-8-9-10-23(25(30)31-6-2)32-22-17-13-20(14-18-22)24(29)19-11-15-21(16-12-19)26-27-28(3)4/h11-18,23H,5-10H2,1-4H3. The van der Waals surface area contributed by atoms with E-state index in [1.54, 1.807) is 74.6 Å². The Balaban J connectivity index is 2.03. The zero-order valence-electron chi connectivity index (χ0n) is 19.4. The summed E-state index contributed by atoms with van der Waals surface area (Å²) >= 11 is 0. The SMILES string of the molecule is CCCCCCC(Oc1ccc(C(=O)c2ccc(N=NN(C)C)cc2)cc1)C(=O)OCC. The van der Waals surface area contributed by atoms with Crippen LogP contribution >= 0.6 is 0 Å². The van der Waals surface area contributed by atoms with Crippen molar-refractivity contribution in [2.45, 2.75) is 52.1 Å². The van der Waals surface area contributed by atoms with Gasteiger partial charge in [-0.25, -0.2) is 4.79 Å². The monoisotopic (exact) mass is 439 g/mol. The highest BCUT2D eigenvalue weighted by molar-refractivity contribution is 6.09. The first kappa shape index (κ1) is 25.0. The third-order valence-corrected chi connectivity index (χ3v) is 4.73. The average Bonchev–Trinajstić information content (AvgIpc) is 2.80. The molecule has 0 saturated carbocycles. The van der Waals surface area contributed by atoms with Gasteiger partial charge in [-0.15, -0.1) is 5.11 Å². The molecule has 7 nitrogen and oxygen atoms in total. The molecule has 172 valence electrons. The Morgan fingerprint density at radius 1 is 0.906 bits per heavy atom. The highest BCUT2D eigenvalue weighted by atomic mass is 16.6. The molecule has 0 heterocycles. The van der Waals surface area contributed by atoms with E-state index in [1.165, 1.54) is 0 Å². The number of nitrogens with zero attached hydrogens (tertiary/aromatic N) is 3. The van der Waals surface area contributed by atoms with Crippen LogP contribution in [0.2, 0.25) is 0 Å². The van der Waals surface area contributed by atoms with Crippen LogP contribution in [0.1, 0.15) is 61.9 Å². The van der Waals surface area contributed by atoms with E-state index in [1.807, 2.05) is 0 Å². The van der Waals surface area contributed by atoms with Crippen molar-refractivity contribution in [3.05, 3.63) is 59.7 Å². The van der Waals surface area contributed by atoms with E-state index < -0.39 is 6.10 Å². The lowest BCUT2D eigenvalue weighted by molar-refractivity contribution is -0.151. The van der Waals surface area contributed by atoms with Gasteiger partial charge in [0, 0.05) is 25.2 Å². The van der Waals surface area contributed by atoms with Crippen LogP contribution in [0.15, 0.2) is 58.9 Å². The molecule has 2 aromatic rings. The lowest BCUT2D eigenvalue weighted by atomic mass is 10.0. The summed E-state index contributed by atoms with van der Waals surface area (Å²) in [5, 5.41) is 9.60. The van der Waals surface area contributed by atoms with Crippen LogP contribution < -0.4 is 4.74 Å². The second kappa shape index (κ2) is 13.2. The van der Waals surface area contributed by atoms with E-state index >= 15 is 0 Å². The molecule has 0 aliphatic carbocycles. The van der Waals surface area contributed by atoms with Gasteiger partial charge in [0.05, 0.1) is 12.3 Å². The summed E-state index contributed by atoms with van der Waals surface area (Å²) in [4.78, 5) is 25.0. The van der Waals surface area contributed by atoms with Gasteiger partial charge in [0.1, 0.15) is 5.75 Å². The Hall–Kier alpha value is -3.22. The molecule has 0 fully saturated rings. The number of esters is 1. The Bertz CT molecular complexity index is 877. The predicted octanol–water partition coefficient (Wildman–Crippen LogP) is 5.76. The number of ketones is 1. The molecule has 0 saturated heterocycles. The number of benzene rings is 2. The Morgan fingerprint density at radius 2 is 1.53 bits per heavy atom. The van der Waals surface area contributed by atoms with Gasteiger partial charge in [-0.1, -0.05) is 31.4 Å². The maximum Gasteiger partial charge on any atom is 0.347 e. The Labute approximate surface area is 190 Å². The van der Waals surface area contributed by atoms with Gasteiger partial charge in [-0.3, -0.25) is 9.80 Å². The largest absolute Gasteiger partial charge is 0.479 e. The third-order valence-electron chi connectivity index (χ3n) is 4.73. The van der Waals surface area contributed by atoms with Crippen LogP contribution in [0.4, 0.5) is 5.69 Å². The van der Waals surface area contributed by atoms with Gasteiger partial charge in [-0.2, -0.15) is 0 Å². The van der Waals surface area contributed by atoms with E-state index in [9.17, 15) is 9.59 Å². The fourth-order valence-corrected chi connectivity index (χ4v) is 3.05. The van der Waals surface area contributed by atoms with Crippen LogP contribution in [0, 0.1) is 0 Å². The molecule has 0 spiro atoms. The van der Waals surface area contributed by atoms with Crippen LogP contribution in [0.25, 0.3) is 0 Å². The number of hydrogen-bond acceptors (Lipinski definition) is 6. The van der Waals surface area contributed by atoms with E-state index in [2.05, 4.69) is 17.3 Å². The Kier molecular flexibility index (Phi) is 10.4. The summed E-state index contributed by atoms with van der Waals surface area (Å²) in [6.45, 7) is 4.24. The normalized spacial score (nSPS) is 11.9. The molecule has 7 heteroatoms. The molecule has 0 N–H and O–H groups in total. The second-order valence-corrected chi connectivity index (χ2v) is 7.64. The Morgan fingerprint density at radius 3 is 2.09 bits per heavy atom. The van der Waals surface area contributed by atoms with Gasteiger partial charge in [0.15, 0.2) is 11.9 Å². The molecule has 0 aliphatic rings. The van der Waals surface area contributed by atoms with Gasteiger partial charge in [-0.05, 0) is 68.3 Å². The first-order valence-electron chi connectivity index (χ1n) is 11.1. The van der Waals surface area contributed by atoms with Gasteiger partial charge >= 0.3 is 5.97 Å². The van der Waals surface area contributed by atoms with Crippen molar-refractivity contribution in [2.75, 3.05) is 20.7 Å². The number of carbonyl (C=O) groups is 2. The van der Waals surface area contributed by atoms with Crippen molar-refractivity contribution in [2.24, 2.45) is 10.3 Å². The van der Waals surface area contributed by atoms with Crippen LogP contribution in [-0.4, -0.2) is 43.6 Å². The zero-order valence-corrected chi connectivity index (χ0v) is 19.4. The summed E-state index contributed by atoms with van der Waals surface area (Å²) in [5.74, 6) is 0.0827. The maximum atomic E-state index is 12.8. The molecule has 0 radical (unpaired) electrons. The molecule has 2 aromatic carbocycles. The molecular weight excluding hydrogens is 406 g/mol. The van der Waals surface area contributed by atoms with Crippen molar-refractivity contribution in [1.82, 2.24) is 5.01 Å². The molecule has 0 aliphatic heterocycles. The summed E-state index contributed by atoms with van der Waals surface area (Å²) < 4.78 is 11.1. The predicted molar refractivity (Wildman–Crippen MR) is 124 cm³/mol. The molecule has 1 unspecified atom stereocenters. The maximum absolute atomic E-state index is 12.8. The van der Waals surface area contributed by atoms with E-state index in [0.29, 0.717) is 35.6 Å². The lowest BCUT2D eigenvalue weighted by Crippen LogP contribution is -2.29. The third kappa shape index (κ3) is 8.13. The highest BCUT2D eigenvalue weighted by Crippen LogP contribution is 2.21. The van der Waals surface area contributed by atoms with Crippen molar-refractivity contribution in [3.8, 4) is 5.75 Å². The summed E-state index contributed by atoms with van der Waals surface area (Å²) in [5.41, 5.74) is 1.77. The number of rotatable bonds is 13. The number of ether oxygens (including phenoxy) is 2. The summed E-state index contributed by atoms with van der Waals surface area (Å²) in [6, 6.07) is 13.8. The smallest absolute Gasteiger partial charge is 0.347 e. The fraction of sp³-hybridized carbons (Fsp3) is 0.440. The fourth-order valence-electron chi connectivity index (χ4n) is 3.05. The van der Waals surface area contributed by atoms with Crippen molar-refractivity contribution in [3.63, 3.8) is 0 Å². The minimum atomic E-state index is -0.641. The summed E-state index contributed by atoms with van der Waals surface area (Å²) in [7, 11) is 3.58.